The lowest BCUT2D eigenvalue weighted by Crippen LogP contribution is -2.36. The Morgan fingerprint density at radius 3 is 2.56 bits per heavy atom. The standard InChI is InChI=1S/C14H19Cl2NO/c1-18-10-14(17-7-3-2-4-8-17)12-6-5-11(15)9-13(12)16/h5-6,9,14H,2-4,7-8,10H2,1H3. The van der Waals surface area contributed by atoms with Gasteiger partial charge in [0.1, 0.15) is 0 Å². The highest BCUT2D eigenvalue weighted by molar-refractivity contribution is 6.35. The van der Waals surface area contributed by atoms with Crippen LogP contribution in [0.2, 0.25) is 10.0 Å². The van der Waals surface area contributed by atoms with Gasteiger partial charge < -0.3 is 4.74 Å². The first-order valence-electron chi connectivity index (χ1n) is 6.40. The third-order valence-electron chi connectivity index (χ3n) is 3.48. The molecule has 1 fully saturated rings. The van der Waals surface area contributed by atoms with Crippen LogP contribution in [0.25, 0.3) is 0 Å². The normalized spacial score (nSPS) is 18.8. The fourth-order valence-corrected chi connectivity index (χ4v) is 3.09. The minimum Gasteiger partial charge on any atom is -0.383 e. The van der Waals surface area contributed by atoms with Crippen LogP contribution in [0, 0.1) is 0 Å². The number of likely N-dealkylation sites (tertiary alicyclic amines) is 1. The van der Waals surface area contributed by atoms with Gasteiger partial charge in [0.25, 0.3) is 0 Å². The SMILES string of the molecule is COCC(c1ccc(Cl)cc1Cl)N1CCCCC1. The number of nitrogens with zero attached hydrogens (tertiary/aromatic N) is 1. The van der Waals surface area contributed by atoms with E-state index in [4.69, 9.17) is 27.9 Å². The summed E-state index contributed by atoms with van der Waals surface area (Å²) in [4.78, 5) is 2.46. The molecule has 1 aromatic carbocycles. The molecule has 1 aromatic rings. The van der Waals surface area contributed by atoms with Crippen LogP contribution in [-0.4, -0.2) is 31.7 Å². The first kappa shape index (κ1) is 14.1. The highest BCUT2D eigenvalue weighted by Crippen LogP contribution is 2.31. The molecule has 1 saturated heterocycles. The number of halogens is 2. The highest BCUT2D eigenvalue weighted by atomic mass is 35.5. The maximum atomic E-state index is 6.31. The predicted molar refractivity (Wildman–Crippen MR) is 76.5 cm³/mol. The second-order valence-electron chi connectivity index (χ2n) is 4.73. The zero-order valence-electron chi connectivity index (χ0n) is 10.7. The van der Waals surface area contributed by atoms with E-state index in [0.717, 1.165) is 23.7 Å². The molecule has 18 heavy (non-hydrogen) atoms. The van der Waals surface area contributed by atoms with Crippen molar-refractivity contribution in [1.29, 1.82) is 0 Å². The predicted octanol–water partition coefficient (Wildman–Crippen LogP) is 4.17. The summed E-state index contributed by atoms with van der Waals surface area (Å²) in [5, 5.41) is 1.41. The Labute approximate surface area is 119 Å². The van der Waals surface area contributed by atoms with Gasteiger partial charge in [-0.15, -0.1) is 0 Å². The molecule has 1 atom stereocenters. The summed E-state index contributed by atoms with van der Waals surface area (Å²) in [6.07, 6.45) is 3.83. The quantitative estimate of drug-likeness (QED) is 0.824. The summed E-state index contributed by atoms with van der Waals surface area (Å²) in [7, 11) is 1.74. The molecule has 1 unspecified atom stereocenters. The lowest BCUT2D eigenvalue weighted by atomic mass is 10.0. The van der Waals surface area contributed by atoms with E-state index in [-0.39, 0.29) is 6.04 Å². The average molecular weight is 288 g/mol. The molecule has 0 N–H and O–H groups in total. The van der Waals surface area contributed by atoms with Gasteiger partial charge in [0.2, 0.25) is 0 Å². The van der Waals surface area contributed by atoms with Crippen LogP contribution in [0.5, 0.6) is 0 Å². The molecule has 1 heterocycles. The highest BCUT2D eigenvalue weighted by Gasteiger charge is 2.24. The van der Waals surface area contributed by atoms with Gasteiger partial charge in [0.15, 0.2) is 0 Å². The van der Waals surface area contributed by atoms with E-state index in [1.54, 1.807) is 7.11 Å². The van der Waals surface area contributed by atoms with Crippen molar-refractivity contribution in [2.75, 3.05) is 26.8 Å². The summed E-state index contributed by atoms with van der Waals surface area (Å²) in [5.74, 6) is 0. The number of ether oxygens (including phenoxy) is 1. The molecule has 0 radical (unpaired) electrons. The summed E-state index contributed by atoms with van der Waals surface area (Å²) < 4.78 is 5.36. The number of hydrogen-bond acceptors (Lipinski definition) is 2. The number of benzene rings is 1. The van der Waals surface area contributed by atoms with Crippen molar-refractivity contribution in [3.8, 4) is 0 Å². The monoisotopic (exact) mass is 287 g/mol. The summed E-state index contributed by atoms with van der Waals surface area (Å²) in [6.45, 7) is 2.90. The third kappa shape index (κ3) is 3.39. The van der Waals surface area contributed by atoms with E-state index in [1.807, 2.05) is 18.2 Å². The Bertz CT molecular complexity index is 391. The van der Waals surface area contributed by atoms with Crippen molar-refractivity contribution in [2.45, 2.75) is 25.3 Å². The van der Waals surface area contributed by atoms with Gasteiger partial charge in [-0.3, -0.25) is 4.90 Å². The molecular weight excluding hydrogens is 269 g/mol. The van der Waals surface area contributed by atoms with Crippen molar-refractivity contribution in [1.82, 2.24) is 4.90 Å². The molecule has 2 rings (SSSR count). The van der Waals surface area contributed by atoms with Crippen molar-refractivity contribution in [3.63, 3.8) is 0 Å². The van der Waals surface area contributed by atoms with Gasteiger partial charge in [-0.1, -0.05) is 35.7 Å². The Morgan fingerprint density at radius 2 is 1.94 bits per heavy atom. The van der Waals surface area contributed by atoms with E-state index in [0.29, 0.717) is 11.6 Å². The van der Waals surface area contributed by atoms with Gasteiger partial charge in [-0.05, 0) is 43.6 Å². The molecule has 0 bridgehead atoms. The molecule has 1 aliphatic heterocycles. The van der Waals surface area contributed by atoms with Crippen molar-refractivity contribution in [3.05, 3.63) is 33.8 Å². The maximum absolute atomic E-state index is 6.31. The van der Waals surface area contributed by atoms with Gasteiger partial charge in [0.05, 0.1) is 12.6 Å². The smallest absolute Gasteiger partial charge is 0.0660 e. The van der Waals surface area contributed by atoms with Crippen LogP contribution in [0.15, 0.2) is 18.2 Å². The zero-order valence-corrected chi connectivity index (χ0v) is 12.2. The van der Waals surface area contributed by atoms with Crippen molar-refractivity contribution < 1.29 is 4.74 Å². The number of rotatable bonds is 4. The fourth-order valence-electron chi connectivity index (χ4n) is 2.55. The molecule has 0 spiro atoms. The molecule has 1 aliphatic rings. The minimum atomic E-state index is 0.236. The Hall–Kier alpha value is -0.280. The maximum Gasteiger partial charge on any atom is 0.0660 e. The molecule has 0 aromatic heterocycles. The second-order valence-corrected chi connectivity index (χ2v) is 5.58. The third-order valence-corrected chi connectivity index (χ3v) is 4.04. The lowest BCUT2D eigenvalue weighted by molar-refractivity contribution is 0.0768. The average Bonchev–Trinajstić information content (AvgIpc) is 2.38. The number of methoxy groups -OCH3 is 1. The Morgan fingerprint density at radius 1 is 1.22 bits per heavy atom. The Balaban J connectivity index is 2.22. The largest absolute Gasteiger partial charge is 0.383 e. The molecule has 0 amide bonds. The van der Waals surface area contributed by atoms with Crippen LogP contribution in [0.1, 0.15) is 30.9 Å². The van der Waals surface area contributed by atoms with E-state index in [1.165, 1.54) is 19.3 Å². The second kappa shape index (κ2) is 6.76. The topological polar surface area (TPSA) is 12.5 Å². The molecule has 2 nitrogen and oxygen atoms in total. The van der Waals surface area contributed by atoms with Crippen LogP contribution < -0.4 is 0 Å². The summed E-state index contributed by atoms with van der Waals surface area (Å²) in [6, 6.07) is 5.96. The minimum absolute atomic E-state index is 0.236. The Kier molecular flexibility index (Phi) is 5.31. The zero-order chi connectivity index (χ0) is 13.0. The first-order chi connectivity index (χ1) is 8.72. The molecule has 0 aliphatic carbocycles. The summed E-state index contributed by atoms with van der Waals surface area (Å²) in [5.41, 5.74) is 1.12. The van der Waals surface area contributed by atoms with Gasteiger partial charge in [-0.25, -0.2) is 0 Å². The number of hydrogen-bond donors (Lipinski definition) is 0. The summed E-state index contributed by atoms with van der Waals surface area (Å²) >= 11 is 12.3. The van der Waals surface area contributed by atoms with Crippen LogP contribution in [0.3, 0.4) is 0 Å². The van der Waals surface area contributed by atoms with E-state index < -0.39 is 0 Å². The van der Waals surface area contributed by atoms with Gasteiger partial charge >= 0.3 is 0 Å². The fraction of sp³-hybridized carbons (Fsp3) is 0.571. The van der Waals surface area contributed by atoms with Crippen molar-refractivity contribution in [2.24, 2.45) is 0 Å². The van der Waals surface area contributed by atoms with Crippen LogP contribution >= 0.6 is 23.2 Å². The van der Waals surface area contributed by atoms with Crippen LogP contribution in [0.4, 0.5) is 0 Å². The molecule has 4 heteroatoms. The first-order valence-corrected chi connectivity index (χ1v) is 7.16. The van der Waals surface area contributed by atoms with Crippen molar-refractivity contribution >= 4 is 23.2 Å². The molecular formula is C14H19Cl2NO. The van der Waals surface area contributed by atoms with Crippen LogP contribution in [-0.2, 0) is 4.74 Å². The molecule has 0 saturated carbocycles. The van der Waals surface area contributed by atoms with Gasteiger partial charge in [0, 0.05) is 17.2 Å². The van der Waals surface area contributed by atoms with E-state index in [9.17, 15) is 0 Å². The van der Waals surface area contributed by atoms with E-state index in [2.05, 4.69) is 4.90 Å². The number of piperidine rings is 1. The van der Waals surface area contributed by atoms with Gasteiger partial charge in [-0.2, -0.15) is 0 Å². The van der Waals surface area contributed by atoms with E-state index >= 15 is 0 Å². The lowest BCUT2D eigenvalue weighted by Gasteiger charge is -2.34. The molecule has 100 valence electrons.